The number of carbonyl (C=O) groups is 2. The molecular formula is C18H20N2O4. The molecule has 0 aromatic heterocycles. The number of esters is 1. The minimum Gasteiger partial charge on any atom is -0.426 e. The molecule has 24 heavy (non-hydrogen) atoms. The van der Waals surface area contributed by atoms with Crippen LogP contribution >= 0.6 is 0 Å². The maximum absolute atomic E-state index is 11.3. The summed E-state index contributed by atoms with van der Waals surface area (Å²) in [5, 5.41) is 4.08. The average Bonchev–Trinajstić information content (AvgIpc) is 2.56. The summed E-state index contributed by atoms with van der Waals surface area (Å²) in [5.74, 6) is 0.00667. The van der Waals surface area contributed by atoms with Crippen molar-refractivity contribution in [3.8, 4) is 5.75 Å². The molecule has 3 fully saturated rings. The van der Waals surface area contributed by atoms with Gasteiger partial charge in [0.2, 0.25) is 0 Å². The first-order chi connectivity index (χ1) is 11.5. The number of fused-ring (bicyclic) bond motifs is 3. The number of ether oxygens (including phenoxy) is 1. The summed E-state index contributed by atoms with van der Waals surface area (Å²) < 4.78 is 5.27. The third-order valence-electron chi connectivity index (χ3n) is 4.22. The van der Waals surface area contributed by atoms with E-state index in [1.807, 2.05) is 24.3 Å². The molecule has 0 radical (unpaired) electrons. The summed E-state index contributed by atoms with van der Waals surface area (Å²) in [7, 11) is 0. The second-order valence-corrected chi connectivity index (χ2v) is 5.98. The lowest BCUT2D eigenvalue weighted by Gasteiger charge is -2.42. The normalized spacial score (nSPS) is 20.5. The molecular weight excluding hydrogens is 308 g/mol. The Morgan fingerprint density at radius 1 is 1.17 bits per heavy atom. The molecule has 126 valence electrons. The quantitative estimate of drug-likeness (QED) is 0.369. The Morgan fingerprint density at radius 3 is 2.54 bits per heavy atom. The topological polar surface area (TPSA) is 68.2 Å². The van der Waals surface area contributed by atoms with Gasteiger partial charge in [0.1, 0.15) is 11.5 Å². The Morgan fingerprint density at radius 2 is 1.88 bits per heavy atom. The number of nitrogens with zero attached hydrogens (tertiary/aromatic N) is 2. The van der Waals surface area contributed by atoms with E-state index in [1.165, 1.54) is 13.8 Å². The van der Waals surface area contributed by atoms with E-state index in [0.717, 1.165) is 42.9 Å². The first-order valence-electron chi connectivity index (χ1n) is 8.04. The van der Waals surface area contributed by atoms with Crippen LogP contribution in [0.15, 0.2) is 35.1 Å². The molecule has 2 bridgehead atoms. The van der Waals surface area contributed by atoms with Gasteiger partial charge in [0, 0.05) is 38.4 Å². The third kappa shape index (κ3) is 3.48. The van der Waals surface area contributed by atoms with Gasteiger partial charge in [-0.15, -0.1) is 0 Å². The number of para-hydroxylation sites is 1. The number of hydrogen-bond acceptors (Lipinski definition) is 6. The van der Waals surface area contributed by atoms with Gasteiger partial charge in [-0.25, -0.2) is 4.79 Å². The zero-order valence-corrected chi connectivity index (χ0v) is 13.8. The van der Waals surface area contributed by atoms with Gasteiger partial charge in [0.15, 0.2) is 0 Å². The van der Waals surface area contributed by atoms with E-state index in [0.29, 0.717) is 11.7 Å². The van der Waals surface area contributed by atoms with E-state index in [9.17, 15) is 9.59 Å². The number of hydrogen-bond donors (Lipinski definition) is 0. The van der Waals surface area contributed by atoms with Crippen LogP contribution in [-0.2, 0) is 14.4 Å². The van der Waals surface area contributed by atoms with Crippen LogP contribution in [0.25, 0.3) is 6.08 Å². The van der Waals surface area contributed by atoms with Gasteiger partial charge < -0.3 is 14.5 Å². The predicted molar refractivity (Wildman–Crippen MR) is 89.2 cm³/mol. The standard InChI is InChI=1S/C18H20N2O4/c1-12(21)23-17-6-4-3-5-15(17)11-16-18(19-24-13(2)22)14-7-9-20(16)10-8-14/h3-6,11,14H,7-10H2,1-2H3/b16-11-,19-18-. The highest BCUT2D eigenvalue weighted by Gasteiger charge is 2.35. The molecule has 0 atom stereocenters. The van der Waals surface area contributed by atoms with Crippen molar-refractivity contribution in [1.82, 2.24) is 4.90 Å². The van der Waals surface area contributed by atoms with Crippen LogP contribution in [0.5, 0.6) is 5.75 Å². The Bertz CT molecular complexity index is 715. The fourth-order valence-corrected chi connectivity index (χ4v) is 3.16. The van der Waals surface area contributed by atoms with Gasteiger partial charge in [-0.1, -0.05) is 23.4 Å². The average molecular weight is 328 g/mol. The summed E-state index contributed by atoms with van der Waals surface area (Å²) >= 11 is 0. The predicted octanol–water partition coefficient (Wildman–Crippen LogP) is 2.60. The number of benzene rings is 1. The minimum atomic E-state index is -0.432. The van der Waals surface area contributed by atoms with Gasteiger partial charge in [0.25, 0.3) is 0 Å². The molecule has 3 saturated heterocycles. The summed E-state index contributed by atoms with van der Waals surface area (Å²) in [4.78, 5) is 29.5. The smallest absolute Gasteiger partial charge is 0.331 e. The number of piperidine rings is 3. The molecule has 3 heterocycles. The van der Waals surface area contributed by atoms with E-state index in [4.69, 9.17) is 9.57 Å². The van der Waals surface area contributed by atoms with Gasteiger partial charge in [0.05, 0.1) is 5.70 Å². The second-order valence-electron chi connectivity index (χ2n) is 5.98. The van der Waals surface area contributed by atoms with Crippen molar-refractivity contribution in [2.24, 2.45) is 11.1 Å². The Labute approximate surface area is 140 Å². The van der Waals surface area contributed by atoms with Crippen LogP contribution in [0.1, 0.15) is 32.3 Å². The summed E-state index contributed by atoms with van der Waals surface area (Å²) in [6.07, 6.45) is 3.96. The van der Waals surface area contributed by atoms with Crippen LogP contribution in [0.2, 0.25) is 0 Å². The first-order valence-corrected chi connectivity index (χ1v) is 8.04. The molecule has 3 aliphatic rings. The molecule has 0 N–H and O–H groups in total. The molecule has 0 amide bonds. The van der Waals surface area contributed by atoms with E-state index in [1.54, 1.807) is 6.07 Å². The Kier molecular flexibility index (Phi) is 4.64. The lowest BCUT2D eigenvalue weighted by Crippen LogP contribution is -2.46. The van der Waals surface area contributed by atoms with Crippen LogP contribution < -0.4 is 4.74 Å². The van der Waals surface area contributed by atoms with E-state index >= 15 is 0 Å². The lowest BCUT2D eigenvalue weighted by molar-refractivity contribution is -0.141. The monoisotopic (exact) mass is 328 g/mol. The van der Waals surface area contributed by atoms with Crippen LogP contribution in [0, 0.1) is 5.92 Å². The van der Waals surface area contributed by atoms with Gasteiger partial charge in [-0.3, -0.25) is 4.79 Å². The first kappa shape index (κ1) is 16.2. The number of oxime groups is 1. The number of rotatable bonds is 3. The fourth-order valence-electron chi connectivity index (χ4n) is 3.16. The highest BCUT2D eigenvalue weighted by Crippen LogP contribution is 2.34. The van der Waals surface area contributed by atoms with E-state index < -0.39 is 5.97 Å². The fraction of sp³-hybridized carbons (Fsp3) is 0.389. The highest BCUT2D eigenvalue weighted by atomic mass is 16.7. The Hall–Kier alpha value is -2.63. The van der Waals surface area contributed by atoms with Gasteiger partial charge in [-0.2, -0.15) is 0 Å². The molecule has 0 saturated carbocycles. The molecule has 4 rings (SSSR count). The zero-order valence-electron chi connectivity index (χ0n) is 13.8. The van der Waals surface area contributed by atoms with Crippen molar-refractivity contribution in [2.75, 3.05) is 13.1 Å². The molecule has 0 unspecified atom stereocenters. The van der Waals surface area contributed by atoms with Crippen molar-refractivity contribution in [2.45, 2.75) is 26.7 Å². The molecule has 0 spiro atoms. The lowest BCUT2D eigenvalue weighted by atomic mass is 9.83. The van der Waals surface area contributed by atoms with Gasteiger partial charge in [-0.05, 0) is 25.0 Å². The number of carbonyl (C=O) groups excluding carboxylic acids is 2. The molecule has 3 aliphatic heterocycles. The van der Waals surface area contributed by atoms with Crippen molar-refractivity contribution in [3.05, 3.63) is 35.5 Å². The van der Waals surface area contributed by atoms with Gasteiger partial charge >= 0.3 is 11.9 Å². The maximum Gasteiger partial charge on any atom is 0.331 e. The van der Waals surface area contributed by atoms with Crippen molar-refractivity contribution < 1.29 is 19.2 Å². The molecule has 0 aliphatic carbocycles. The Balaban J connectivity index is 1.99. The van der Waals surface area contributed by atoms with Crippen molar-refractivity contribution >= 4 is 23.7 Å². The minimum absolute atomic E-state index is 0.293. The third-order valence-corrected chi connectivity index (χ3v) is 4.22. The zero-order chi connectivity index (χ0) is 17.1. The van der Waals surface area contributed by atoms with E-state index in [2.05, 4.69) is 10.1 Å². The van der Waals surface area contributed by atoms with Crippen LogP contribution in [0.3, 0.4) is 0 Å². The maximum atomic E-state index is 11.3. The largest absolute Gasteiger partial charge is 0.426 e. The molecule has 1 aromatic carbocycles. The second kappa shape index (κ2) is 6.86. The molecule has 1 aromatic rings. The van der Waals surface area contributed by atoms with Crippen LogP contribution in [0.4, 0.5) is 0 Å². The summed E-state index contributed by atoms with van der Waals surface area (Å²) in [6.45, 7) is 4.62. The molecule has 6 nitrogen and oxygen atoms in total. The summed E-state index contributed by atoms with van der Waals surface area (Å²) in [5.41, 5.74) is 2.52. The SMILES string of the molecule is CC(=O)O/N=C1\C(=C\c2ccccc2OC(C)=O)N2CCC1CC2. The van der Waals surface area contributed by atoms with Crippen LogP contribution in [-0.4, -0.2) is 35.6 Å². The highest BCUT2D eigenvalue weighted by molar-refractivity contribution is 6.06. The van der Waals surface area contributed by atoms with E-state index in [-0.39, 0.29) is 5.97 Å². The summed E-state index contributed by atoms with van der Waals surface area (Å²) in [6, 6.07) is 7.35. The van der Waals surface area contributed by atoms with Crippen molar-refractivity contribution in [3.63, 3.8) is 0 Å². The molecule has 6 heteroatoms. The number of allylic oxidation sites excluding steroid dienone is 1. The van der Waals surface area contributed by atoms with Crippen molar-refractivity contribution in [1.29, 1.82) is 0 Å².